The lowest BCUT2D eigenvalue weighted by atomic mass is 10.2. The first-order valence-electron chi connectivity index (χ1n) is 7.89. The number of amidine groups is 1. The van der Waals surface area contributed by atoms with Crippen LogP contribution in [0.1, 0.15) is 5.56 Å². The molecule has 8 heteroatoms. The number of halogens is 2. The molecule has 0 fully saturated rings. The van der Waals surface area contributed by atoms with Gasteiger partial charge in [0.05, 0.1) is 12.8 Å². The number of anilines is 1. The summed E-state index contributed by atoms with van der Waals surface area (Å²) in [5, 5.41) is 0.502. The van der Waals surface area contributed by atoms with Crippen molar-refractivity contribution >= 4 is 34.6 Å². The second-order valence-corrected chi connectivity index (χ2v) is 6.19. The monoisotopic (exact) mass is 390 g/mol. The van der Waals surface area contributed by atoms with Crippen LogP contribution >= 0.6 is 11.8 Å². The van der Waals surface area contributed by atoms with Crippen LogP contribution < -0.4 is 14.4 Å². The van der Waals surface area contributed by atoms with Crippen molar-refractivity contribution in [3.8, 4) is 11.5 Å². The minimum absolute atomic E-state index is 0.0250. The van der Waals surface area contributed by atoms with E-state index in [1.165, 1.54) is 40.9 Å². The highest BCUT2D eigenvalue weighted by Crippen LogP contribution is 2.30. The number of hydrogen-bond donors (Lipinski definition) is 0. The quantitative estimate of drug-likeness (QED) is 0.710. The van der Waals surface area contributed by atoms with Crippen LogP contribution in [-0.4, -0.2) is 31.1 Å². The van der Waals surface area contributed by atoms with E-state index in [0.29, 0.717) is 10.9 Å². The number of amides is 1. The van der Waals surface area contributed by atoms with Crippen molar-refractivity contribution in [2.24, 2.45) is 4.99 Å². The van der Waals surface area contributed by atoms with E-state index >= 15 is 0 Å². The molecule has 0 saturated heterocycles. The lowest BCUT2D eigenvalue weighted by Crippen LogP contribution is -2.29. The molecule has 140 valence electrons. The Labute approximate surface area is 159 Å². The number of ether oxygens (including phenoxy) is 2. The molecule has 27 heavy (non-hydrogen) atoms. The number of nitrogens with zero attached hydrogens (tertiary/aromatic N) is 2. The molecule has 1 heterocycles. The van der Waals surface area contributed by atoms with Crippen LogP contribution in [0.4, 0.5) is 14.5 Å². The molecule has 2 aromatic rings. The highest BCUT2D eigenvalue weighted by molar-refractivity contribution is 8.13. The van der Waals surface area contributed by atoms with Crippen LogP contribution in [0.15, 0.2) is 59.2 Å². The number of benzene rings is 2. The lowest BCUT2D eigenvalue weighted by Gasteiger charge is -2.17. The standard InChI is InChI=1S/C19H16F2N2O3S/c1-25-14-7-3-12(4-8-14)11-16-17(24)23(19(22-16)27-2)13-5-9-15(10-6-13)26-18(20)21/h3-11,18H,1-2H3. The van der Waals surface area contributed by atoms with E-state index in [4.69, 9.17) is 4.74 Å². The van der Waals surface area contributed by atoms with Gasteiger partial charge in [0.15, 0.2) is 5.17 Å². The van der Waals surface area contributed by atoms with Crippen LogP contribution in [0, 0.1) is 0 Å². The maximum Gasteiger partial charge on any atom is 0.387 e. The molecule has 0 atom stereocenters. The van der Waals surface area contributed by atoms with Gasteiger partial charge >= 0.3 is 6.61 Å². The van der Waals surface area contributed by atoms with E-state index in [2.05, 4.69) is 9.73 Å². The summed E-state index contributed by atoms with van der Waals surface area (Å²) in [6, 6.07) is 13.1. The topological polar surface area (TPSA) is 51.1 Å². The summed E-state index contributed by atoms with van der Waals surface area (Å²) in [4.78, 5) is 18.6. The van der Waals surface area contributed by atoms with Gasteiger partial charge < -0.3 is 9.47 Å². The van der Waals surface area contributed by atoms with Crippen LogP contribution in [0.3, 0.4) is 0 Å². The molecule has 3 rings (SSSR count). The largest absolute Gasteiger partial charge is 0.497 e. The minimum Gasteiger partial charge on any atom is -0.497 e. The fourth-order valence-electron chi connectivity index (χ4n) is 2.50. The highest BCUT2D eigenvalue weighted by Gasteiger charge is 2.31. The van der Waals surface area contributed by atoms with Gasteiger partial charge in [0, 0.05) is 0 Å². The first-order valence-corrected chi connectivity index (χ1v) is 9.12. The molecule has 0 bridgehead atoms. The molecule has 0 aliphatic carbocycles. The van der Waals surface area contributed by atoms with Crippen LogP contribution in [0.5, 0.6) is 11.5 Å². The van der Waals surface area contributed by atoms with Gasteiger partial charge in [-0.2, -0.15) is 8.78 Å². The summed E-state index contributed by atoms with van der Waals surface area (Å²) in [5.74, 6) is 0.450. The van der Waals surface area contributed by atoms with Crippen molar-refractivity contribution < 1.29 is 23.0 Å². The Hall–Kier alpha value is -2.87. The fourth-order valence-corrected chi connectivity index (χ4v) is 3.06. The molecule has 1 aliphatic rings. The zero-order valence-electron chi connectivity index (χ0n) is 14.6. The molecular weight excluding hydrogens is 374 g/mol. The molecule has 0 saturated carbocycles. The maximum atomic E-state index is 12.8. The summed E-state index contributed by atoms with van der Waals surface area (Å²) in [6.07, 6.45) is 3.50. The lowest BCUT2D eigenvalue weighted by molar-refractivity contribution is -0.113. The van der Waals surface area contributed by atoms with E-state index in [9.17, 15) is 13.6 Å². The molecule has 1 aliphatic heterocycles. The van der Waals surface area contributed by atoms with Crippen molar-refractivity contribution in [2.75, 3.05) is 18.3 Å². The number of methoxy groups -OCH3 is 1. The number of carbonyl (C=O) groups excluding carboxylic acids is 1. The number of rotatable bonds is 5. The second-order valence-electron chi connectivity index (χ2n) is 5.41. The molecule has 0 aromatic heterocycles. The Morgan fingerprint density at radius 1 is 1.07 bits per heavy atom. The Bertz CT molecular complexity index is 881. The van der Waals surface area contributed by atoms with Gasteiger partial charge in [0.25, 0.3) is 5.91 Å². The normalized spacial score (nSPS) is 15.4. The van der Waals surface area contributed by atoms with E-state index in [1.807, 2.05) is 18.4 Å². The van der Waals surface area contributed by atoms with Gasteiger partial charge in [-0.1, -0.05) is 23.9 Å². The van der Waals surface area contributed by atoms with Crippen molar-refractivity contribution in [3.05, 3.63) is 59.8 Å². The zero-order valence-corrected chi connectivity index (χ0v) is 15.4. The average Bonchev–Trinajstić information content (AvgIpc) is 2.98. The first-order chi connectivity index (χ1) is 13.0. The summed E-state index contributed by atoms with van der Waals surface area (Å²) in [6.45, 7) is -2.90. The van der Waals surface area contributed by atoms with Crippen molar-refractivity contribution in [2.45, 2.75) is 6.61 Å². The molecule has 0 radical (unpaired) electrons. The zero-order chi connectivity index (χ0) is 19.4. The first kappa shape index (κ1) is 18.9. The third kappa shape index (κ3) is 4.28. The van der Waals surface area contributed by atoms with Gasteiger partial charge in [0.2, 0.25) is 0 Å². The summed E-state index contributed by atoms with van der Waals surface area (Å²) < 4.78 is 34.0. The molecule has 2 aromatic carbocycles. The van der Waals surface area contributed by atoms with Gasteiger partial charge in [-0.15, -0.1) is 0 Å². The Morgan fingerprint density at radius 3 is 2.26 bits per heavy atom. The van der Waals surface area contributed by atoms with Gasteiger partial charge in [-0.05, 0) is 54.3 Å². The van der Waals surface area contributed by atoms with Crippen molar-refractivity contribution in [1.82, 2.24) is 0 Å². The predicted molar refractivity (Wildman–Crippen MR) is 102 cm³/mol. The molecular formula is C19H16F2N2O3S. The third-order valence-electron chi connectivity index (χ3n) is 3.75. The Kier molecular flexibility index (Phi) is 5.75. The minimum atomic E-state index is -2.90. The Morgan fingerprint density at radius 2 is 1.70 bits per heavy atom. The number of thioether (sulfide) groups is 1. The molecule has 0 N–H and O–H groups in total. The van der Waals surface area contributed by atoms with E-state index < -0.39 is 6.61 Å². The third-order valence-corrected chi connectivity index (χ3v) is 4.39. The fraction of sp³-hybridized carbons (Fsp3) is 0.158. The number of alkyl halides is 2. The van der Waals surface area contributed by atoms with E-state index in [0.717, 1.165) is 11.3 Å². The SMILES string of the molecule is COc1ccc(C=C2N=C(SC)N(c3ccc(OC(F)F)cc3)C2=O)cc1. The highest BCUT2D eigenvalue weighted by atomic mass is 32.2. The van der Waals surface area contributed by atoms with E-state index in [-0.39, 0.29) is 17.4 Å². The number of carbonyl (C=O) groups is 1. The van der Waals surface area contributed by atoms with Gasteiger partial charge in [-0.25, -0.2) is 4.99 Å². The molecule has 1 amide bonds. The molecule has 5 nitrogen and oxygen atoms in total. The number of aliphatic imine (C=N–C) groups is 1. The number of hydrogen-bond acceptors (Lipinski definition) is 5. The smallest absolute Gasteiger partial charge is 0.387 e. The molecule has 0 unspecified atom stereocenters. The summed E-state index contributed by atoms with van der Waals surface area (Å²) in [5.41, 5.74) is 1.62. The maximum absolute atomic E-state index is 12.8. The van der Waals surface area contributed by atoms with Gasteiger partial charge in [0.1, 0.15) is 17.2 Å². The van der Waals surface area contributed by atoms with Gasteiger partial charge in [-0.3, -0.25) is 9.69 Å². The van der Waals surface area contributed by atoms with Crippen molar-refractivity contribution in [3.63, 3.8) is 0 Å². The Balaban J connectivity index is 1.86. The predicted octanol–water partition coefficient (Wildman–Crippen LogP) is 4.40. The van der Waals surface area contributed by atoms with Crippen LogP contribution in [0.2, 0.25) is 0 Å². The summed E-state index contributed by atoms with van der Waals surface area (Å²) in [7, 11) is 1.58. The average molecular weight is 390 g/mol. The summed E-state index contributed by atoms with van der Waals surface area (Å²) >= 11 is 1.32. The van der Waals surface area contributed by atoms with Crippen LogP contribution in [0.25, 0.3) is 6.08 Å². The molecule has 0 spiro atoms. The van der Waals surface area contributed by atoms with Crippen molar-refractivity contribution in [1.29, 1.82) is 0 Å². The second kappa shape index (κ2) is 8.22. The van der Waals surface area contributed by atoms with E-state index in [1.54, 1.807) is 25.3 Å². The van der Waals surface area contributed by atoms with Crippen LogP contribution in [-0.2, 0) is 4.79 Å².